The molecule has 0 saturated heterocycles. The van der Waals surface area contributed by atoms with Crippen LogP contribution in [-0.4, -0.2) is 49.4 Å². The van der Waals surface area contributed by atoms with Crippen LogP contribution in [0, 0.1) is 0 Å². The highest BCUT2D eigenvalue weighted by molar-refractivity contribution is 5.87. The molecule has 1 aromatic carbocycles. The number of carbonyl (C=O) groups is 1. The quantitative estimate of drug-likeness (QED) is 0.510. The number of carboxylic acid groups (broad SMARTS) is 1. The fraction of sp³-hybridized carbons (Fsp3) is 0.550. The first-order valence-electron chi connectivity index (χ1n) is 9.17. The van der Waals surface area contributed by atoms with Gasteiger partial charge in [-0.25, -0.2) is 4.79 Å². The van der Waals surface area contributed by atoms with Gasteiger partial charge in [0, 0.05) is 13.1 Å². The maximum Gasteiger partial charge on any atom is 0.411 e. The molecule has 1 amide bonds. The molecule has 0 spiro atoms. The van der Waals surface area contributed by atoms with Crippen LogP contribution in [0.4, 0.5) is 10.5 Å². The average Bonchev–Trinajstić information content (AvgIpc) is 2.60. The summed E-state index contributed by atoms with van der Waals surface area (Å²) >= 11 is 0. The number of fused-ring (bicyclic) bond motifs is 1. The van der Waals surface area contributed by atoms with Crippen LogP contribution in [0.15, 0.2) is 30.9 Å². The second-order valence-corrected chi connectivity index (χ2v) is 6.64. The largest absolute Gasteiger partial charge is 0.494 e. The molecule has 1 N–H and O–H groups in total. The van der Waals surface area contributed by atoms with E-state index in [4.69, 9.17) is 4.74 Å². The molecule has 5 nitrogen and oxygen atoms in total. The molecule has 5 heteroatoms. The minimum atomic E-state index is -0.881. The number of likely N-dealkylation sites (N-methyl/N-ethyl adjacent to an activating group) is 1. The van der Waals surface area contributed by atoms with Crippen molar-refractivity contribution in [3.8, 4) is 5.75 Å². The van der Waals surface area contributed by atoms with Crippen molar-refractivity contribution in [2.45, 2.75) is 38.5 Å². The summed E-state index contributed by atoms with van der Waals surface area (Å²) < 4.78 is 5.84. The second kappa shape index (κ2) is 10.1. The van der Waals surface area contributed by atoms with E-state index in [9.17, 15) is 9.90 Å². The molecule has 0 saturated carbocycles. The normalized spacial score (nSPS) is 13.6. The molecule has 25 heavy (non-hydrogen) atoms. The molecule has 0 unspecified atom stereocenters. The Morgan fingerprint density at radius 3 is 2.92 bits per heavy atom. The Bertz CT molecular complexity index is 574. The highest BCUT2D eigenvalue weighted by Crippen LogP contribution is 2.30. The second-order valence-electron chi connectivity index (χ2n) is 6.64. The van der Waals surface area contributed by atoms with Gasteiger partial charge in [0.05, 0.1) is 12.3 Å². The number of amides is 1. The summed E-state index contributed by atoms with van der Waals surface area (Å²) in [6.07, 6.45) is 7.45. The predicted octanol–water partition coefficient (Wildman–Crippen LogP) is 4.17. The predicted molar refractivity (Wildman–Crippen MR) is 102 cm³/mol. The van der Waals surface area contributed by atoms with E-state index < -0.39 is 6.09 Å². The lowest BCUT2D eigenvalue weighted by molar-refractivity contribution is 0.201. The lowest BCUT2D eigenvalue weighted by Gasteiger charge is -2.27. The van der Waals surface area contributed by atoms with Crippen LogP contribution in [0.2, 0.25) is 0 Å². The van der Waals surface area contributed by atoms with Gasteiger partial charge in [-0.2, -0.15) is 0 Å². The van der Waals surface area contributed by atoms with Gasteiger partial charge < -0.3 is 14.7 Å². The van der Waals surface area contributed by atoms with Crippen molar-refractivity contribution < 1.29 is 14.6 Å². The van der Waals surface area contributed by atoms with Gasteiger partial charge in [0.25, 0.3) is 0 Å². The average molecular weight is 346 g/mol. The standard InChI is InChI=1S/C20H30N2O3/c1-3-12-21(2)13-6-4-5-7-15-25-18-10-11-19-17(16-18)9-8-14-22(19)20(23)24/h3,10-11,16H,1,4-9,12-15H2,2H3,(H,23,24). The van der Waals surface area contributed by atoms with Crippen molar-refractivity contribution in [1.82, 2.24) is 4.90 Å². The SMILES string of the molecule is C=CCN(C)CCCCCCOc1ccc2c(c1)CCCN2C(=O)O. The van der Waals surface area contributed by atoms with E-state index in [2.05, 4.69) is 18.5 Å². The number of hydrogen-bond acceptors (Lipinski definition) is 3. The van der Waals surface area contributed by atoms with E-state index in [1.165, 1.54) is 24.2 Å². The van der Waals surface area contributed by atoms with Crippen molar-refractivity contribution in [3.05, 3.63) is 36.4 Å². The number of hydrogen-bond donors (Lipinski definition) is 1. The Hall–Kier alpha value is -2.01. The van der Waals surface area contributed by atoms with Gasteiger partial charge in [-0.05, 0) is 63.0 Å². The third kappa shape index (κ3) is 6.09. The number of aryl methyl sites for hydroxylation is 1. The molecule has 0 radical (unpaired) electrons. The fourth-order valence-electron chi connectivity index (χ4n) is 3.20. The first-order valence-corrected chi connectivity index (χ1v) is 9.17. The van der Waals surface area contributed by atoms with E-state index in [0.717, 1.165) is 49.4 Å². The monoisotopic (exact) mass is 346 g/mol. The van der Waals surface area contributed by atoms with E-state index in [1.54, 1.807) is 0 Å². The van der Waals surface area contributed by atoms with Crippen LogP contribution >= 0.6 is 0 Å². The zero-order chi connectivity index (χ0) is 18.1. The summed E-state index contributed by atoms with van der Waals surface area (Å²) in [5.74, 6) is 0.844. The molecule has 0 aromatic heterocycles. The number of nitrogens with zero attached hydrogens (tertiary/aromatic N) is 2. The molecular formula is C20H30N2O3. The maximum absolute atomic E-state index is 11.3. The number of anilines is 1. The Balaban J connectivity index is 1.68. The third-order valence-corrected chi connectivity index (χ3v) is 4.54. The molecule has 0 fully saturated rings. The molecule has 0 atom stereocenters. The molecular weight excluding hydrogens is 316 g/mol. The summed E-state index contributed by atoms with van der Waals surface area (Å²) in [6.45, 7) is 7.09. The Morgan fingerprint density at radius 1 is 1.36 bits per heavy atom. The highest BCUT2D eigenvalue weighted by atomic mass is 16.5. The Kier molecular flexibility index (Phi) is 7.79. The fourth-order valence-corrected chi connectivity index (χ4v) is 3.20. The minimum absolute atomic E-state index is 0.574. The van der Waals surface area contributed by atoms with E-state index >= 15 is 0 Å². The van der Waals surface area contributed by atoms with E-state index in [1.807, 2.05) is 24.3 Å². The molecule has 0 aliphatic carbocycles. The summed E-state index contributed by atoms with van der Waals surface area (Å²) in [5, 5.41) is 9.25. The first-order chi connectivity index (χ1) is 12.1. The van der Waals surface area contributed by atoms with Crippen molar-refractivity contribution in [2.24, 2.45) is 0 Å². The topological polar surface area (TPSA) is 53.0 Å². The molecule has 1 aromatic rings. The maximum atomic E-state index is 11.3. The number of benzene rings is 1. The Morgan fingerprint density at radius 2 is 2.16 bits per heavy atom. The van der Waals surface area contributed by atoms with Crippen LogP contribution in [0.5, 0.6) is 5.75 Å². The number of unbranched alkanes of at least 4 members (excludes halogenated alkanes) is 3. The van der Waals surface area contributed by atoms with Crippen LogP contribution in [0.1, 0.15) is 37.7 Å². The summed E-state index contributed by atoms with van der Waals surface area (Å²) in [6, 6.07) is 5.74. The van der Waals surface area contributed by atoms with E-state index in [0.29, 0.717) is 13.2 Å². The Labute approximate surface area is 150 Å². The van der Waals surface area contributed by atoms with Crippen LogP contribution in [-0.2, 0) is 6.42 Å². The summed E-state index contributed by atoms with van der Waals surface area (Å²) in [5.41, 5.74) is 1.87. The van der Waals surface area contributed by atoms with Gasteiger partial charge >= 0.3 is 6.09 Å². The zero-order valence-electron chi connectivity index (χ0n) is 15.2. The molecule has 1 aliphatic heterocycles. The van der Waals surface area contributed by atoms with Gasteiger partial charge in [-0.3, -0.25) is 4.90 Å². The molecule has 0 bridgehead atoms. The van der Waals surface area contributed by atoms with Crippen LogP contribution in [0.25, 0.3) is 0 Å². The van der Waals surface area contributed by atoms with Crippen LogP contribution in [0.3, 0.4) is 0 Å². The van der Waals surface area contributed by atoms with Crippen molar-refractivity contribution in [3.63, 3.8) is 0 Å². The molecule has 1 aliphatic rings. The van der Waals surface area contributed by atoms with Crippen LogP contribution < -0.4 is 9.64 Å². The van der Waals surface area contributed by atoms with Gasteiger partial charge in [0.1, 0.15) is 5.75 Å². The van der Waals surface area contributed by atoms with Gasteiger partial charge in [-0.1, -0.05) is 18.9 Å². The lowest BCUT2D eigenvalue weighted by atomic mass is 10.0. The summed E-state index contributed by atoms with van der Waals surface area (Å²) in [4.78, 5) is 15.0. The molecule has 138 valence electrons. The zero-order valence-corrected chi connectivity index (χ0v) is 15.2. The molecule has 1 heterocycles. The number of rotatable bonds is 10. The van der Waals surface area contributed by atoms with Gasteiger partial charge in [0.2, 0.25) is 0 Å². The lowest BCUT2D eigenvalue weighted by Crippen LogP contribution is -2.34. The van der Waals surface area contributed by atoms with Crippen molar-refractivity contribution in [1.29, 1.82) is 0 Å². The van der Waals surface area contributed by atoms with Crippen molar-refractivity contribution >= 4 is 11.8 Å². The minimum Gasteiger partial charge on any atom is -0.494 e. The smallest absolute Gasteiger partial charge is 0.411 e. The first kappa shape index (κ1) is 19.3. The van der Waals surface area contributed by atoms with E-state index in [-0.39, 0.29) is 0 Å². The third-order valence-electron chi connectivity index (χ3n) is 4.54. The number of ether oxygens (including phenoxy) is 1. The van der Waals surface area contributed by atoms with Gasteiger partial charge in [0.15, 0.2) is 0 Å². The van der Waals surface area contributed by atoms with Crippen molar-refractivity contribution in [2.75, 3.05) is 38.2 Å². The summed E-state index contributed by atoms with van der Waals surface area (Å²) in [7, 11) is 2.12. The molecule has 2 rings (SSSR count). The van der Waals surface area contributed by atoms with Gasteiger partial charge in [-0.15, -0.1) is 6.58 Å². The highest BCUT2D eigenvalue weighted by Gasteiger charge is 2.22.